The second-order valence-corrected chi connectivity index (χ2v) is 5.58. The fourth-order valence-electron chi connectivity index (χ4n) is 2.57. The maximum atomic E-state index is 12.2. The molecule has 0 aromatic heterocycles. The van der Waals surface area contributed by atoms with E-state index in [2.05, 4.69) is 24.4 Å². The molecule has 1 fully saturated rings. The van der Waals surface area contributed by atoms with Crippen molar-refractivity contribution in [1.29, 1.82) is 0 Å². The third-order valence-electron chi connectivity index (χ3n) is 4.12. The van der Waals surface area contributed by atoms with Gasteiger partial charge in [-0.15, -0.1) is 0 Å². The Hall–Kier alpha value is -1.35. The minimum absolute atomic E-state index is 0.00415. The van der Waals surface area contributed by atoms with Crippen LogP contribution < -0.4 is 11.1 Å². The van der Waals surface area contributed by atoms with Gasteiger partial charge in [0.2, 0.25) is 5.91 Å². The highest BCUT2D eigenvalue weighted by atomic mass is 16.2. The predicted octanol–water partition coefficient (Wildman–Crippen LogP) is 2.13. The lowest BCUT2D eigenvalue weighted by Gasteiger charge is -2.27. The molecule has 1 aromatic carbocycles. The summed E-state index contributed by atoms with van der Waals surface area (Å²) in [6.07, 6.45) is 2.90. The minimum Gasteiger partial charge on any atom is -0.352 e. The van der Waals surface area contributed by atoms with Crippen molar-refractivity contribution in [3.63, 3.8) is 0 Å². The second-order valence-electron chi connectivity index (χ2n) is 5.58. The Morgan fingerprint density at radius 3 is 2.67 bits per heavy atom. The Kier molecular flexibility index (Phi) is 3.71. The molecule has 3 heteroatoms. The van der Waals surface area contributed by atoms with Crippen molar-refractivity contribution in [3.05, 3.63) is 35.4 Å². The summed E-state index contributed by atoms with van der Waals surface area (Å²) in [4.78, 5) is 12.2. The summed E-state index contributed by atoms with van der Waals surface area (Å²) in [5, 5.41) is 3.01. The lowest BCUT2D eigenvalue weighted by atomic mass is 9.84. The number of rotatable bonds is 3. The first-order chi connectivity index (χ1) is 8.52. The maximum Gasteiger partial charge on any atom is 0.227 e. The van der Waals surface area contributed by atoms with Gasteiger partial charge in [-0.2, -0.15) is 0 Å². The lowest BCUT2D eigenvalue weighted by molar-refractivity contribution is -0.130. The molecular formula is C15H22N2O. The summed E-state index contributed by atoms with van der Waals surface area (Å²) in [5.41, 5.74) is 8.02. The molecule has 1 aromatic rings. The lowest BCUT2D eigenvalue weighted by Crippen LogP contribution is -2.47. The van der Waals surface area contributed by atoms with Gasteiger partial charge in [-0.3, -0.25) is 4.79 Å². The van der Waals surface area contributed by atoms with E-state index >= 15 is 0 Å². The van der Waals surface area contributed by atoms with Gasteiger partial charge < -0.3 is 11.1 Å². The van der Waals surface area contributed by atoms with Gasteiger partial charge in [-0.05, 0) is 32.3 Å². The molecule has 2 atom stereocenters. The molecule has 2 unspecified atom stereocenters. The molecule has 0 radical (unpaired) electrons. The zero-order chi connectivity index (χ0) is 13.2. The molecule has 1 saturated carbocycles. The molecule has 3 nitrogen and oxygen atoms in total. The van der Waals surface area contributed by atoms with Crippen molar-refractivity contribution >= 4 is 5.91 Å². The van der Waals surface area contributed by atoms with E-state index in [4.69, 9.17) is 5.73 Å². The molecule has 2 rings (SSSR count). The van der Waals surface area contributed by atoms with Crippen LogP contribution in [-0.2, 0) is 11.3 Å². The molecular weight excluding hydrogens is 224 g/mol. The summed E-state index contributed by atoms with van der Waals surface area (Å²) in [7, 11) is 0. The van der Waals surface area contributed by atoms with Crippen molar-refractivity contribution in [2.45, 2.75) is 45.7 Å². The largest absolute Gasteiger partial charge is 0.352 e. The second kappa shape index (κ2) is 5.11. The third-order valence-corrected chi connectivity index (χ3v) is 4.12. The fourth-order valence-corrected chi connectivity index (χ4v) is 2.57. The van der Waals surface area contributed by atoms with Crippen LogP contribution in [0, 0.1) is 12.3 Å². The number of aryl methyl sites for hydroxylation is 1. The van der Waals surface area contributed by atoms with Crippen molar-refractivity contribution in [2.75, 3.05) is 0 Å². The van der Waals surface area contributed by atoms with E-state index < -0.39 is 0 Å². The van der Waals surface area contributed by atoms with Crippen molar-refractivity contribution < 1.29 is 4.79 Å². The Morgan fingerprint density at radius 1 is 1.44 bits per heavy atom. The molecule has 1 amide bonds. The Bertz CT molecular complexity index is 427. The van der Waals surface area contributed by atoms with Gasteiger partial charge in [0.15, 0.2) is 0 Å². The van der Waals surface area contributed by atoms with Crippen LogP contribution in [0.2, 0.25) is 0 Å². The molecule has 0 bridgehead atoms. The number of hydrogen-bond donors (Lipinski definition) is 2. The fraction of sp³-hybridized carbons (Fsp3) is 0.533. The van der Waals surface area contributed by atoms with Crippen molar-refractivity contribution in [3.8, 4) is 0 Å². The van der Waals surface area contributed by atoms with Crippen LogP contribution >= 0.6 is 0 Å². The monoisotopic (exact) mass is 246 g/mol. The quantitative estimate of drug-likeness (QED) is 0.858. The van der Waals surface area contributed by atoms with E-state index in [0.717, 1.165) is 24.8 Å². The average Bonchev–Trinajstić information content (AvgIpc) is 2.70. The highest BCUT2D eigenvalue weighted by Crippen LogP contribution is 2.36. The Balaban J connectivity index is 1.94. The molecule has 1 aliphatic rings. The van der Waals surface area contributed by atoms with Crippen LogP contribution in [0.4, 0.5) is 0 Å². The van der Waals surface area contributed by atoms with Gasteiger partial charge in [0.25, 0.3) is 0 Å². The molecule has 18 heavy (non-hydrogen) atoms. The van der Waals surface area contributed by atoms with E-state index in [1.165, 1.54) is 5.56 Å². The number of nitrogens with one attached hydrogen (secondary N) is 1. The first-order valence-electron chi connectivity index (χ1n) is 6.62. The van der Waals surface area contributed by atoms with Crippen LogP contribution in [-0.4, -0.2) is 11.9 Å². The smallest absolute Gasteiger partial charge is 0.227 e. The summed E-state index contributed by atoms with van der Waals surface area (Å²) >= 11 is 0. The summed E-state index contributed by atoms with van der Waals surface area (Å²) < 4.78 is 0. The molecule has 98 valence electrons. The standard InChI is InChI=1S/C15H22N2O/c1-11-5-7-12(8-6-11)10-17-14(18)15(2)9-3-4-13(15)16/h5-8,13H,3-4,9-10,16H2,1-2H3,(H,17,18). The van der Waals surface area contributed by atoms with E-state index in [1.807, 2.05) is 19.1 Å². The molecule has 1 aliphatic carbocycles. The van der Waals surface area contributed by atoms with Crippen molar-refractivity contribution in [1.82, 2.24) is 5.32 Å². The first kappa shape index (κ1) is 13.1. The molecule has 0 saturated heterocycles. The first-order valence-corrected chi connectivity index (χ1v) is 6.62. The summed E-state index contributed by atoms with van der Waals surface area (Å²) in [5.74, 6) is 0.0908. The number of carbonyl (C=O) groups is 1. The molecule has 0 heterocycles. The van der Waals surface area contributed by atoms with Crippen LogP contribution in [0.5, 0.6) is 0 Å². The number of carbonyl (C=O) groups excluding carboxylic acids is 1. The zero-order valence-corrected chi connectivity index (χ0v) is 11.2. The Morgan fingerprint density at radius 2 is 2.11 bits per heavy atom. The van der Waals surface area contributed by atoms with E-state index in [-0.39, 0.29) is 17.4 Å². The third kappa shape index (κ3) is 2.56. The normalized spacial score (nSPS) is 27.2. The van der Waals surface area contributed by atoms with E-state index in [9.17, 15) is 4.79 Å². The highest BCUT2D eigenvalue weighted by molar-refractivity contribution is 5.83. The SMILES string of the molecule is Cc1ccc(CNC(=O)C2(C)CCCC2N)cc1. The summed E-state index contributed by atoms with van der Waals surface area (Å²) in [6.45, 7) is 4.62. The molecule has 0 aliphatic heterocycles. The van der Waals surface area contributed by atoms with Crippen LogP contribution in [0.1, 0.15) is 37.3 Å². The van der Waals surface area contributed by atoms with Gasteiger partial charge in [0.1, 0.15) is 0 Å². The number of hydrogen-bond acceptors (Lipinski definition) is 2. The maximum absolute atomic E-state index is 12.2. The number of benzene rings is 1. The van der Waals surface area contributed by atoms with Crippen LogP contribution in [0.3, 0.4) is 0 Å². The topological polar surface area (TPSA) is 55.1 Å². The predicted molar refractivity (Wildman–Crippen MR) is 73.0 cm³/mol. The molecule has 3 N–H and O–H groups in total. The zero-order valence-electron chi connectivity index (χ0n) is 11.2. The molecule has 0 spiro atoms. The van der Waals surface area contributed by atoms with Gasteiger partial charge >= 0.3 is 0 Å². The van der Waals surface area contributed by atoms with Gasteiger partial charge in [-0.1, -0.05) is 36.2 Å². The highest BCUT2D eigenvalue weighted by Gasteiger charge is 2.42. The number of amides is 1. The minimum atomic E-state index is -0.384. The van der Waals surface area contributed by atoms with Gasteiger partial charge in [0.05, 0.1) is 5.41 Å². The number of nitrogens with two attached hydrogens (primary N) is 1. The van der Waals surface area contributed by atoms with Gasteiger partial charge in [-0.25, -0.2) is 0 Å². The van der Waals surface area contributed by atoms with Crippen LogP contribution in [0.25, 0.3) is 0 Å². The average molecular weight is 246 g/mol. The van der Waals surface area contributed by atoms with E-state index in [0.29, 0.717) is 6.54 Å². The van der Waals surface area contributed by atoms with Crippen molar-refractivity contribution in [2.24, 2.45) is 11.1 Å². The summed E-state index contributed by atoms with van der Waals surface area (Å²) in [6, 6.07) is 8.21. The van der Waals surface area contributed by atoms with Gasteiger partial charge in [0, 0.05) is 12.6 Å². The van der Waals surface area contributed by atoms with E-state index in [1.54, 1.807) is 0 Å². The van der Waals surface area contributed by atoms with Crippen LogP contribution in [0.15, 0.2) is 24.3 Å². The Labute approximate surface area is 109 Å².